The zero-order valence-electron chi connectivity index (χ0n) is 6.97. The molecule has 0 aliphatic heterocycles. The minimum absolute atomic E-state index is 0. The molecule has 2 nitrogen and oxygen atoms in total. The van der Waals surface area contributed by atoms with Gasteiger partial charge in [0.15, 0.2) is 0 Å². The molecule has 0 radical (unpaired) electrons. The summed E-state index contributed by atoms with van der Waals surface area (Å²) in [5.41, 5.74) is 0. The summed E-state index contributed by atoms with van der Waals surface area (Å²) < 4.78 is 0. The van der Waals surface area contributed by atoms with Crippen molar-refractivity contribution in [3.05, 3.63) is 0 Å². The number of aliphatic hydroxyl groups is 1. The summed E-state index contributed by atoms with van der Waals surface area (Å²) >= 11 is 5.09. The molecule has 0 amide bonds. The molecular formula is C6H17Cl2NO. The zero-order chi connectivity index (χ0) is 7.86. The minimum Gasteiger partial charge on any atom is -0.392 e. The van der Waals surface area contributed by atoms with Crippen LogP contribution in [-0.4, -0.2) is 43.1 Å². The lowest BCUT2D eigenvalue weighted by Crippen LogP contribution is -1.99. The molecule has 1 N–H and O–H groups in total. The first kappa shape index (κ1) is 16.8. The van der Waals surface area contributed by atoms with E-state index in [0.717, 1.165) is 0 Å². The Balaban J connectivity index is -0.0000000910. The van der Waals surface area contributed by atoms with Gasteiger partial charge >= 0.3 is 0 Å². The van der Waals surface area contributed by atoms with Crippen molar-refractivity contribution < 1.29 is 5.11 Å². The second-order valence-electron chi connectivity index (χ2n) is 2.34. The number of nitrogens with zero attached hydrogens (tertiary/aromatic N) is 1. The molecule has 0 spiro atoms. The molecule has 0 rings (SSSR count). The molecule has 1 atom stereocenters. The summed E-state index contributed by atoms with van der Waals surface area (Å²) in [6, 6.07) is 0. The van der Waals surface area contributed by atoms with Gasteiger partial charge in [-0.1, -0.05) is 0 Å². The van der Waals surface area contributed by atoms with Gasteiger partial charge in [-0.2, -0.15) is 0 Å². The molecule has 0 aromatic rings. The molecule has 0 aliphatic rings. The Kier molecular flexibility index (Phi) is 20.6. The van der Waals surface area contributed by atoms with Gasteiger partial charge in [0.2, 0.25) is 0 Å². The topological polar surface area (TPSA) is 23.5 Å². The third kappa shape index (κ3) is 76.5. The Morgan fingerprint density at radius 2 is 1.50 bits per heavy atom. The van der Waals surface area contributed by atoms with E-state index in [-0.39, 0.29) is 18.5 Å². The Hall–Kier alpha value is 0.500. The summed E-state index contributed by atoms with van der Waals surface area (Å²) in [6.07, 6.45) is -0.350. The normalized spacial score (nSPS) is 11.1. The van der Waals surface area contributed by atoms with Gasteiger partial charge in [-0.25, -0.2) is 0 Å². The molecule has 4 heteroatoms. The van der Waals surface area contributed by atoms with Crippen molar-refractivity contribution in [2.24, 2.45) is 0 Å². The molecule has 0 saturated carbocycles. The maximum Gasteiger partial charge on any atom is 0.0647 e. The molecule has 1 unspecified atom stereocenters. The average molecular weight is 190 g/mol. The Bertz CT molecular complexity index is 48.3. The van der Waals surface area contributed by atoms with E-state index in [1.165, 1.54) is 0 Å². The lowest BCUT2D eigenvalue weighted by molar-refractivity contribution is 0.219. The molecule has 0 heterocycles. The van der Waals surface area contributed by atoms with E-state index in [1.807, 2.05) is 26.0 Å². The van der Waals surface area contributed by atoms with Crippen molar-refractivity contribution >= 4 is 24.0 Å². The van der Waals surface area contributed by atoms with Crippen molar-refractivity contribution in [3.8, 4) is 0 Å². The van der Waals surface area contributed by atoms with Crippen LogP contribution in [0.25, 0.3) is 0 Å². The molecule has 0 aromatic heterocycles. The second kappa shape index (κ2) is 12.2. The van der Waals surface area contributed by atoms with Gasteiger partial charge in [0, 0.05) is 5.88 Å². The molecule has 0 saturated heterocycles. The average Bonchev–Trinajstić information content (AvgIpc) is 1.65. The Labute approximate surface area is 74.6 Å². The number of aliphatic hydroxyl groups excluding tert-OH is 1. The number of halogens is 2. The number of hydrogen-bond donors (Lipinski definition) is 1. The first-order valence-electron chi connectivity index (χ1n) is 2.85. The number of rotatable bonds is 1. The van der Waals surface area contributed by atoms with E-state index in [2.05, 4.69) is 0 Å². The van der Waals surface area contributed by atoms with Crippen molar-refractivity contribution in [1.29, 1.82) is 0 Å². The summed E-state index contributed by atoms with van der Waals surface area (Å²) in [5, 5.41) is 8.23. The van der Waals surface area contributed by atoms with Crippen LogP contribution in [0, 0.1) is 0 Å². The van der Waals surface area contributed by atoms with Crippen LogP contribution in [0.5, 0.6) is 0 Å². The fourth-order valence-corrected chi connectivity index (χ4v) is 0. The summed E-state index contributed by atoms with van der Waals surface area (Å²) in [5.74, 6) is 0.333. The molecule has 10 heavy (non-hydrogen) atoms. The van der Waals surface area contributed by atoms with E-state index >= 15 is 0 Å². The van der Waals surface area contributed by atoms with Crippen LogP contribution < -0.4 is 0 Å². The van der Waals surface area contributed by atoms with Crippen LogP contribution in [0.2, 0.25) is 0 Å². The monoisotopic (exact) mass is 189 g/mol. The molecule has 0 aromatic carbocycles. The highest BCUT2D eigenvalue weighted by atomic mass is 35.5. The molecule has 0 aliphatic carbocycles. The SMILES string of the molecule is CC(O)CCl.CN(C)C.Cl. The molecule has 0 fully saturated rings. The van der Waals surface area contributed by atoms with Crippen LogP contribution in [0.4, 0.5) is 0 Å². The summed E-state index contributed by atoms with van der Waals surface area (Å²) in [7, 11) is 6.00. The van der Waals surface area contributed by atoms with Crippen molar-refractivity contribution in [1.82, 2.24) is 4.90 Å². The van der Waals surface area contributed by atoms with E-state index < -0.39 is 0 Å². The van der Waals surface area contributed by atoms with E-state index in [1.54, 1.807) is 6.92 Å². The van der Waals surface area contributed by atoms with Crippen LogP contribution in [-0.2, 0) is 0 Å². The lowest BCUT2D eigenvalue weighted by atomic mass is 10.5. The lowest BCUT2D eigenvalue weighted by Gasteiger charge is -1.90. The summed E-state index contributed by atoms with van der Waals surface area (Å²) in [6.45, 7) is 1.65. The molecular weight excluding hydrogens is 173 g/mol. The fourth-order valence-electron chi connectivity index (χ4n) is 0. The first-order valence-corrected chi connectivity index (χ1v) is 3.39. The quantitative estimate of drug-likeness (QED) is 0.628. The van der Waals surface area contributed by atoms with Crippen LogP contribution in [0.1, 0.15) is 6.92 Å². The van der Waals surface area contributed by atoms with E-state index in [4.69, 9.17) is 16.7 Å². The van der Waals surface area contributed by atoms with Crippen molar-refractivity contribution in [3.63, 3.8) is 0 Å². The van der Waals surface area contributed by atoms with E-state index in [0.29, 0.717) is 5.88 Å². The second-order valence-corrected chi connectivity index (χ2v) is 2.65. The van der Waals surface area contributed by atoms with Gasteiger partial charge in [0.05, 0.1) is 6.10 Å². The summed E-state index contributed by atoms with van der Waals surface area (Å²) in [4.78, 5) is 2.00. The predicted octanol–water partition coefficient (Wildman–Crippen LogP) is 1.21. The predicted molar refractivity (Wildman–Crippen MR) is 49.3 cm³/mol. The van der Waals surface area contributed by atoms with Gasteiger partial charge in [-0.05, 0) is 28.1 Å². The van der Waals surface area contributed by atoms with Crippen LogP contribution >= 0.6 is 24.0 Å². The smallest absolute Gasteiger partial charge is 0.0647 e. The van der Waals surface area contributed by atoms with Crippen LogP contribution in [0.15, 0.2) is 0 Å². The van der Waals surface area contributed by atoms with Gasteiger partial charge in [0.25, 0.3) is 0 Å². The van der Waals surface area contributed by atoms with Gasteiger partial charge in [-0.15, -0.1) is 24.0 Å². The maximum absolute atomic E-state index is 8.23. The first-order chi connectivity index (χ1) is 4.00. The largest absolute Gasteiger partial charge is 0.392 e. The Morgan fingerprint density at radius 1 is 1.40 bits per heavy atom. The minimum atomic E-state index is -0.350. The van der Waals surface area contributed by atoms with Gasteiger partial charge in [-0.3, -0.25) is 0 Å². The Morgan fingerprint density at radius 3 is 1.50 bits per heavy atom. The standard InChI is InChI=1S/C3H7ClO.C3H9N.ClH/c1-3(5)2-4;1-4(2)3;/h3,5H,2H2,1H3;1-3H3;1H. The van der Waals surface area contributed by atoms with E-state index in [9.17, 15) is 0 Å². The molecule has 0 bridgehead atoms. The van der Waals surface area contributed by atoms with Crippen molar-refractivity contribution in [2.75, 3.05) is 27.0 Å². The van der Waals surface area contributed by atoms with Crippen LogP contribution in [0.3, 0.4) is 0 Å². The maximum atomic E-state index is 8.23. The zero-order valence-corrected chi connectivity index (χ0v) is 8.54. The highest BCUT2D eigenvalue weighted by Gasteiger charge is 1.83. The third-order valence-electron chi connectivity index (χ3n) is 0.223. The van der Waals surface area contributed by atoms with Crippen molar-refractivity contribution in [2.45, 2.75) is 13.0 Å². The van der Waals surface area contributed by atoms with Gasteiger partial charge < -0.3 is 10.0 Å². The third-order valence-corrected chi connectivity index (χ3v) is 0.670. The highest BCUT2D eigenvalue weighted by Crippen LogP contribution is 1.80. The molecule has 66 valence electrons. The van der Waals surface area contributed by atoms with Gasteiger partial charge in [0.1, 0.15) is 0 Å². The number of alkyl halides is 1. The fraction of sp³-hybridized carbons (Fsp3) is 1.00. The number of hydrogen-bond acceptors (Lipinski definition) is 2. The highest BCUT2D eigenvalue weighted by molar-refractivity contribution is 6.18.